The molecule has 1 unspecified atom stereocenters. The van der Waals surface area contributed by atoms with E-state index in [1.54, 1.807) is 17.9 Å². The van der Waals surface area contributed by atoms with Crippen LogP contribution in [0.3, 0.4) is 0 Å². The third-order valence-corrected chi connectivity index (χ3v) is 3.87. The highest BCUT2D eigenvalue weighted by atomic mass is 16.5. The van der Waals surface area contributed by atoms with Crippen LogP contribution in [0.25, 0.3) is 0 Å². The molecule has 5 heteroatoms. The van der Waals surface area contributed by atoms with Crippen LogP contribution in [0.4, 0.5) is 0 Å². The van der Waals surface area contributed by atoms with Gasteiger partial charge in [-0.3, -0.25) is 9.59 Å². The average Bonchev–Trinajstić information content (AvgIpc) is 2.52. The van der Waals surface area contributed by atoms with E-state index in [9.17, 15) is 9.59 Å². The van der Waals surface area contributed by atoms with Crippen LogP contribution in [-0.2, 0) is 14.3 Å². The normalized spacial score (nSPS) is 12.0. The van der Waals surface area contributed by atoms with Crippen LogP contribution in [0, 0.1) is 5.92 Å². The molecule has 0 heterocycles. The van der Waals surface area contributed by atoms with E-state index in [1.165, 1.54) is 7.11 Å². The summed E-state index contributed by atoms with van der Waals surface area (Å²) in [5, 5.41) is 0. The lowest BCUT2D eigenvalue weighted by Gasteiger charge is -2.25. The Kier molecular flexibility index (Phi) is 11.4. The highest BCUT2D eigenvalue weighted by Crippen LogP contribution is 2.07. The Bertz CT molecular complexity index is 386. The molecule has 0 spiro atoms. The summed E-state index contributed by atoms with van der Waals surface area (Å²) >= 11 is 0. The number of carbonyl (C=O) groups is 2. The van der Waals surface area contributed by atoms with E-state index in [-0.39, 0.29) is 17.8 Å². The molecule has 1 amide bonds. The van der Waals surface area contributed by atoms with Crippen molar-refractivity contribution in [3.63, 3.8) is 0 Å². The number of unbranched alkanes of at least 4 members (excludes halogenated alkanes) is 1. The van der Waals surface area contributed by atoms with E-state index in [0.717, 1.165) is 38.0 Å². The number of allylic oxidation sites excluding steroid dienone is 1. The van der Waals surface area contributed by atoms with Crippen molar-refractivity contribution in [3.8, 4) is 0 Å². The summed E-state index contributed by atoms with van der Waals surface area (Å²) in [6.45, 7) is 14.1. The molecule has 0 rings (SSSR count). The summed E-state index contributed by atoms with van der Waals surface area (Å²) in [6, 6.07) is 0. The van der Waals surface area contributed by atoms with Crippen molar-refractivity contribution in [2.45, 2.75) is 47.5 Å². The zero-order valence-electron chi connectivity index (χ0n) is 15.7. The molecule has 0 saturated carbocycles. The highest BCUT2D eigenvalue weighted by Gasteiger charge is 2.20. The Balaban J connectivity index is 4.58. The fourth-order valence-corrected chi connectivity index (χ4v) is 2.41. The molecular weight excluding hydrogens is 292 g/mol. The summed E-state index contributed by atoms with van der Waals surface area (Å²) in [7, 11) is 1.38. The molecule has 0 aliphatic carbocycles. The number of hydrogen-bond donors (Lipinski definition) is 0. The standard InChI is InChI=1S/C18H34N2O3/c1-7-19(8-2)11-9-10-12-20(17(21)13-15(3)4)14-16(5)18(22)23-6/h13,16H,7-12,14H2,1-6H3. The molecule has 0 aliphatic rings. The zero-order valence-corrected chi connectivity index (χ0v) is 15.7. The predicted molar refractivity (Wildman–Crippen MR) is 94.2 cm³/mol. The van der Waals surface area contributed by atoms with Gasteiger partial charge in [-0.2, -0.15) is 0 Å². The molecule has 0 N–H and O–H groups in total. The second kappa shape index (κ2) is 12.1. The van der Waals surface area contributed by atoms with Crippen molar-refractivity contribution in [1.82, 2.24) is 9.80 Å². The Morgan fingerprint density at radius 1 is 1.09 bits per heavy atom. The van der Waals surface area contributed by atoms with Crippen LogP contribution in [0.5, 0.6) is 0 Å². The first-order valence-corrected chi connectivity index (χ1v) is 8.59. The smallest absolute Gasteiger partial charge is 0.310 e. The molecule has 5 nitrogen and oxygen atoms in total. The van der Waals surface area contributed by atoms with E-state index < -0.39 is 0 Å². The molecule has 134 valence electrons. The summed E-state index contributed by atoms with van der Waals surface area (Å²) in [5.74, 6) is -0.607. The van der Waals surface area contributed by atoms with Crippen LogP contribution < -0.4 is 0 Å². The SMILES string of the molecule is CCN(CC)CCCCN(CC(C)C(=O)OC)C(=O)C=C(C)C. The van der Waals surface area contributed by atoms with Crippen LogP contribution in [-0.4, -0.2) is 61.5 Å². The number of rotatable bonds is 11. The molecule has 0 bridgehead atoms. The van der Waals surface area contributed by atoms with Crippen LogP contribution in [0.1, 0.15) is 47.5 Å². The van der Waals surface area contributed by atoms with Crippen molar-refractivity contribution < 1.29 is 14.3 Å². The van der Waals surface area contributed by atoms with Gasteiger partial charge in [-0.05, 0) is 46.3 Å². The molecule has 0 radical (unpaired) electrons. The zero-order chi connectivity index (χ0) is 17.8. The first-order valence-electron chi connectivity index (χ1n) is 8.59. The lowest BCUT2D eigenvalue weighted by atomic mass is 10.1. The number of hydrogen-bond acceptors (Lipinski definition) is 4. The summed E-state index contributed by atoms with van der Waals surface area (Å²) in [6.07, 6.45) is 3.62. The highest BCUT2D eigenvalue weighted by molar-refractivity contribution is 5.88. The number of ether oxygens (including phenoxy) is 1. The third kappa shape index (κ3) is 9.39. The topological polar surface area (TPSA) is 49.9 Å². The molecule has 0 fully saturated rings. The van der Waals surface area contributed by atoms with Crippen molar-refractivity contribution in [3.05, 3.63) is 11.6 Å². The summed E-state index contributed by atoms with van der Waals surface area (Å²) in [4.78, 5) is 28.1. The second-order valence-corrected chi connectivity index (χ2v) is 6.16. The van der Waals surface area contributed by atoms with Gasteiger partial charge in [-0.15, -0.1) is 0 Å². The Morgan fingerprint density at radius 2 is 1.65 bits per heavy atom. The molecule has 0 aromatic carbocycles. The minimum atomic E-state index is -0.308. The van der Waals surface area contributed by atoms with Gasteiger partial charge >= 0.3 is 5.97 Å². The first-order chi connectivity index (χ1) is 10.8. The number of amides is 1. The maximum atomic E-state index is 12.3. The van der Waals surface area contributed by atoms with Gasteiger partial charge in [0.05, 0.1) is 13.0 Å². The monoisotopic (exact) mass is 326 g/mol. The number of esters is 1. The van der Waals surface area contributed by atoms with Gasteiger partial charge in [0.15, 0.2) is 0 Å². The molecule has 23 heavy (non-hydrogen) atoms. The summed E-state index contributed by atoms with van der Waals surface area (Å²) in [5.41, 5.74) is 0.967. The van der Waals surface area contributed by atoms with Crippen molar-refractivity contribution in [2.24, 2.45) is 5.92 Å². The molecule has 0 saturated heterocycles. The van der Waals surface area contributed by atoms with Crippen molar-refractivity contribution in [2.75, 3.05) is 39.8 Å². The predicted octanol–water partition coefficient (Wildman–Crippen LogP) is 2.71. The van der Waals surface area contributed by atoms with Gasteiger partial charge in [0.25, 0.3) is 0 Å². The van der Waals surface area contributed by atoms with Crippen LogP contribution in [0.15, 0.2) is 11.6 Å². The Morgan fingerprint density at radius 3 is 2.13 bits per heavy atom. The van der Waals surface area contributed by atoms with E-state index in [0.29, 0.717) is 13.1 Å². The van der Waals surface area contributed by atoms with Gasteiger partial charge < -0.3 is 14.5 Å². The van der Waals surface area contributed by atoms with Gasteiger partial charge in [-0.1, -0.05) is 26.3 Å². The molecule has 0 aliphatic heterocycles. The number of methoxy groups -OCH3 is 1. The van der Waals surface area contributed by atoms with Gasteiger partial charge in [0.2, 0.25) is 5.91 Å². The van der Waals surface area contributed by atoms with E-state index in [1.807, 2.05) is 13.8 Å². The number of nitrogens with zero attached hydrogens (tertiary/aromatic N) is 2. The Labute approximate surface area is 141 Å². The third-order valence-electron chi connectivity index (χ3n) is 3.87. The van der Waals surface area contributed by atoms with E-state index >= 15 is 0 Å². The van der Waals surface area contributed by atoms with Gasteiger partial charge in [0.1, 0.15) is 0 Å². The van der Waals surface area contributed by atoms with Crippen molar-refractivity contribution >= 4 is 11.9 Å². The maximum Gasteiger partial charge on any atom is 0.310 e. The van der Waals surface area contributed by atoms with Crippen LogP contribution >= 0.6 is 0 Å². The minimum absolute atomic E-state index is 0.0245. The van der Waals surface area contributed by atoms with Crippen LogP contribution in [0.2, 0.25) is 0 Å². The lowest BCUT2D eigenvalue weighted by molar-refractivity contribution is -0.146. The second-order valence-electron chi connectivity index (χ2n) is 6.16. The Hall–Kier alpha value is -1.36. The minimum Gasteiger partial charge on any atom is -0.469 e. The molecule has 0 aromatic heterocycles. The number of carbonyl (C=O) groups excluding carboxylic acids is 2. The largest absolute Gasteiger partial charge is 0.469 e. The fraction of sp³-hybridized carbons (Fsp3) is 0.778. The van der Waals surface area contributed by atoms with Gasteiger partial charge in [-0.25, -0.2) is 0 Å². The molecular formula is C18H34N2O3. The summed E-state index contributed by atoms with van der Waals surface area (Å²) < 4.78 is 4.76. The average molecular weight is 326 g/mol. The van der Waals surface area contributed by atoms with E-state index in [2.05, 4.69) is 18.7 Å². The fourth-order valence-electron chi connectivity index (χ4n) is 2.41. The maximum absolute atomic E-state index is 12.3. The van der Waals surface area contributed by atoms with E-state index in [4.69, 9.17) is 4.74 Å². The molecule has 0 aromatic rings. The lowest BCUT2D eigenvalue weighted by Crippen LogP contribution is -2.37. The van der Waals surface area contributed by atoms with Gasteiger partial charge in [0, 0.05) is 19.2 Å². The first kappa shape index (κ1) is 21.6. The van der Waals surface area contributed by atoms with Crippen molar-refractivity contribution in [1.29, 1.82) is 0 Å². The quantitative estimate of drug-likeness (QED) is 0.333. The molecule has 1 atom stereocenters.